The molecule has 4 aliphatic heterocycles. The molecule has 20 N–H and O–H groups in total. The van der Waals surface area contributed by atoms with Gasteiger partial charge < -0.3 is 123 Å². The van der Waals surface area contributed by atoms with Crippen molar-refractivity contribution < 1.29 is 89.0 Å². The molecule has 0 aromatic heterocycles. The van der Waals surface area contributed by atoms with Gasteiger partial charge in [0.25, 0.3) is 0 Å². The Labute approximate surface area is 439 Å². The summed E-state index contributed by atoms with van der Waals surface area (Å²) >= 11 is 0. The van der Waals surface area contributed by atoms with Crippen molar-refractivity contribution in [3.63, 3.8) is 0 Å². The van der Waals surface area contributed by atoms with Crippen molar-refractivity contribution in [3.8, 4) is 0 Å². The fourth-order valence-electron chi connectivity index (χ4n) is 12.2. The van der Waals surface area contributed by atoms with Gasteiger partial charge in [-0.1, -0.05) is 41.0 Å². The van der Waals surface area contributed by atoms with Gasteiger partial charge >= 0.3 is 0 Å². The first-order valence-electron chi connectivity index (χ1n) is 26.9. The first-order valence-corrected chi connectivity index (χ1v) is 26.9. The van der Waals surface area contributed by atoms with E-state index in [2.05, 4.69) is 34.5 Å². The van der Waals surface area contributed by atoms with Crippen LogP contribution in [0.15, 0.2) is 9.98 Å². The van der Waals surface area contributed by atoms with Crippen LogP contribution in [0.3, 0.4) is 0 Å². The fourth-order valence-corrected chi connectivity index (χ4v) is 12.2. The molecule has 6 fully saturated rings. The minimum absolute atomic E-state index is 0.0240. The lowest BCUT2D eigenvalue weighted by Gasteiger charge is -2.49. The number of hydrogen-bond acceptors (Lipinski definition) is 22. The normalized spacial score (nSPS) is 48.0. The number of aliphatic imine (C=N–C) groups is 2. The van der Waals surface area contributed by atoms with Crippen LogP contribution < -0.4 is 33.6 Å². The van der Waals surface area contributed by atoms with Crippen molar-refractivity contribution in [2.24, 2.45) is 62.5 Å². The maximum atomic E-state index is 12.7. The van der Waals surface area contributed by atoms with Gasteiger partial charge in [0.05, 0.1) is 49.3 Å². The standard InChI is InChI=1S/C49H92N8O18/c1-9-20(3)26-14-13-24(42(70-26)72-38-21(4)16-22(5)39(37(38)65)73-44-31(59)25(10-2)48(7,66)19-68-44)12-11-15-55-18-49(67)23(6)69-45(41(49)75-43-30(54-8)35(63)32(60)27(17-58)71-43)74-40-29(57-47(52)53)33(61)28(56-46(50)51)34(62)36(40)64/h20-45,54-55,58-67H,9-19H2,1-8H3,(H4,50,51,56)(H4,52,53,57)/t20?,21-,22+,23-,24?,25+,26-,27?,28?,29-,30?,31+,32-,33?,34-,35+,36?,37-,38?,39?,40-,41?,42?,43-,44?,45-,48-,49-/m0/s1. The van der Waals surface area contributed by atoms with E-state index in [9.17, 15) is 51.1 Å². The van der Waals surface area contributed by atoms with Crippen molar-refractivity contribution in [1.82, 2.24) is 10.6 Å². The highest BCUT2D eigenvalue weighted by Gasteiger charge is 2.61. The van der Waals surface area contributed by atoms with Crippen LogP contribution in [0.25, 0.3) is 0 Å². The lowest BCUT2D eigenvalue weighted by atomic mass is 9.76. The van der Waals surface area contributed by atoms with E-state index in [1.807, 2.05) is 20.8 Å². The highest BCUT2D eigenvalue weighted by molar-refractivity contribution is 5.76. The maximum Gasteiger partial charge on any atom is 0.187 e. The van der Waals surface area contributed by atoms with Crippen molar-refractivity contribution in [2.45, 2.75) is 233 Å². The second kappa shape index (κ2) is 26.3. The van der Waals surface area contributed by atoms with E-state index in [0.717, 1.165) is 19.3 Å². The van der Waals surface area contributed by atoms with Gasteiger partial charge in [-0.05, 0) is 83.7 Å². The van der Waals surface area contributed by atoms with Gasteiger partial charge in [-0.15, -0.1) is 0 Å². The van der Waals surface area contributed by atoms with Gasteiger partial charge in [-0.25, -0.2) is 9.98 Å². The summed E-state index contributed by atoms with van der Waals surface area (Å²) in [4.78, 5) is 7.95. The van der Waals surface area contributed by atoms with Gasteiger partial charge in [0.1, 0.15) is 78.7 Å². The number of nitrogens with one attached hydrogen (secondary N) is 2. The molecule has 26 nitrogen and oxygen atoms in total. The quantitative estimate of drug-likeness (QED) is 0.0292. The zero-order valence-corrected chi connectivity index (χ0v) is 44.7. The second-order valence-corrected chi connectivity index (χ2v) is 22.4. The zero-order chi connectivity index (χ0) is 55.4. The van der Waals surface area contributed by atoms with Gasteiger partial charge in [0, 0.05) is 18.4 Å². The third kappa shape index (κ3) is 13.7. The Balaban J connectivity index is 1.18. The molecule has 0 bridgehead atoms. The molecule has 6 rings (SSSR count). The molecule has 75 heavy (non-hydrogen) atoms. The van der Waals surface area contributed by atoms with Crippen LogP contribution >= 0.6 is 0 Å². The smallest absolute Gasteiger partial charge is 0.187 e. The molecule has 2 saturated carbocycles. The van der Waals surface area contributed by atoms with Crippen LogP contribution in [0.2, 0.25) is 0 Å². The Morgan fingerprint density at radius 3 is 1.95 bits per heavy atom. The van der Waals surface area contributed by atoms with E-state index in [4.69, 9.17) is 60.8 Å². The van der Waals surface area contributed by atoms with E-state index in [0.29, 0.717) is 32.2 Å². The number of guanidine groups is 2. The second-order valence-electron chi connectivity index (χ2n) is 22.4. The largest absolute Gasteiger partial charge is 0.394 e. The first-order chi connectivity index (χ1) is 35.3. The molecule has 4 heterocycles. The van der Waals surface area contributed by atoms with Gasteiger partial charge in [-0.2, -0.15) is 0 Å². The number of nitrogens with zero attached hydrogens (tertiary/aromatic N) is 2. The van der Waals surface area contributed by atoms with Crippen molar-refractivity contribution in [2.75, 3.05) is 33.4 Å². The van der Waals surface area contributed by atoms with Crippen molar-refractivity contribution in [1.29, 1.82) is 0 Å². The molecule has 2 aliphatic carbocycles. The van der Waals surface area contributed by atoms with E-state index in [-0.39, 0.29) is 42.9 Å². The summed E-state index contributed by atoms with van der Waals surface area (Å²) in [5, 5.41) is 119. The minimum atomic E-state index is -1.98. The summed E-state index contributed by atoms with van der Waals surface area (Å²) < 4.78 is 50.8. The molecular formula is C49H92N8O18. The summed E-state index contributed by atoms with van der Waals surface area (Å²) in [6, 6.07) is -4.11. The number of nitrogens with two attached hydrogens (primary N) is 4. The van der Waals surface area contributed by atoms with Gasteiger partial charge in [0.15, 0.2) is 37.1 Å². The average Bonchev–Trinajstić information content (AvgIpc) is 3.58. The van der Waals surface area contributed by atoms with Crippen LogP contribution in [-0.2, 0) is 37.9 Å². The van der Waals surface area contributed by atoms with Crippen LogP contribution in [0.5, 0.6) is 0 Å². The average molecular weight is 1080 g/mol. The summed E-state index contributed by atoms with van der Waals surface area (Å²) in [7, 11) is 1.48. The number of aliphatic hydroxyl groups is 10. The summed E-state index contributed by atoms with van der Waals surface area (Å²) in [6.45, 7) is 12.8. The molecule has 0 radical (unpaired) electrons. The Bertz CT molecular complexity index is 1840. The van der Waals surface area contributed by atoms with Crippen LogP contribution in [-0.4, -0.2) is 236 Å². The lowest BCUT2D eigenvalue weighted by Crippen LogP contribution is -2.67. The van der Waals surface area contributed by atoms with Gasteiger partial charge in [0.2, 0.25) is 0 Å². The first kappa shape index (κ1) is 61.9. The molecule has 0 aromatic carbocycles. The topological polar surface area (TPSA) is 429 Å². The number of rotatable bonds is 21. The zero-order valence-electron chi connectivity index (χ0n) is 44.7. The minimum Gasteiger partial charge on any atom is -0.394 e. The van der Waals surface area contributed by atoms with Crippen LogP contribution in [0.4, 0.5) is 0 Å². The molecule has 0 aromatic rings. The summed E-state index contributed by atoms with van der Waals surface area (Å²) in [6.07, 6.45) is -17.6. The van der Waals surface area contributed by atoms with E-state index >= 15 is 0 Å². The molecule has 0 amide bonds. The molecule has 436 valence electrons. The Hall–Kier alpha value is -2.26. The molecular weight excluding hydrogens is 989 g/mol. The summed E-state index contributed by atoms with van der Waals surface area (Å²) in [5.74, 6) is -1.52. The Morgan fingerprint density at radius 1 is 0.720 bits per heavy atom. The molecule has 28 atom stereocenters. The molecule has 4 saturated heterocycles. The molecule has 26 heteroatoms. The van der Waals surface area contributed by atoms with E-state index in [1.165, 1.54) is 7.05 Å². The number of hydrogen-bond donors (Lipinski definition) is 16. The number of ether oxygens (including phenoxy) is 8. The van der Waals surface area contributed by atoms with Gasteiger partial charge in [-0.3, -0.25) is 0 Å². The van der Waals surface area contributed by atoms with Crippen LogP contribution in [0, 0.1) is 29.6 Å². The lowest BCUT2D eigenvalue weighted by molar-refractivity contribution is -0.325. The third-order valence-electron chi connectivity index (χ3n) is 17.0. The molecule has 6 aliphatic rings. The number of likely N-dealkylation sites (N-methyl/N-ethyl adjacent to an activating group) is 1. The van der Waals surface area contributed by atoms with E-state index < -0.39 is 158 Å². The maximum absolute atomic E-state index is 12.7. The summed E-state index contributed by atoms with van der Waals surface area (Å²) in [5.41, 5.74) is 19.4. The Morgan fingerprint density at radius 2 is 1.35 bits per heavy atom. The third-order valence-corrected chi connectivity index (χ3v) is 17.0. The van der Waals surface area contributed by atoms with E-state index in [1.54, 1.807) is 13.8 Å². The predicted molar refractivity (Wildman–Crippen MR) is 269 cm³/mol. The van der Waals surface area contributed by atoms with Crippen molar-refractivity contribution in [3.05, 3.63) is 0 Å². The fraction of sp³-hybridized carbons (Fsp3) is 0.959. The molecule has 12 unspecified atom stereocenters. The SMILES string of the molecule is CCC(C)[C@@H]1CCC(CCCNC[C@@]2(O)C(O[C@@H]3OC(CO)[C@H](O)[C@H](O)C3NC)[C@H](O[C@@H]3C(O)[C@@H](O)C(N=C(N)N)C(O)[C@@H]3N=C(N)N)O[C@H]2C)C(OC2[C@H](O)C(OC3OC[C@](C)(O)[C@H](CC)[C@H]3O)[C@H](C)C[C@@H]2C)O1. The van der Waals surface area contributed by atoms with Crippen molar-refractivity contribution >= 4 is 11.9 Å². The van der Waals surface area contributed by atoms with Crippen LogP contribution in [0.1, 0.15) is 93.4 Å². The monoisotopic (exact) mass is 1080 g/mol. The Kier molecular flexibility index (Phi) is 21.8. The number of aliphatic hydroxyl groups excluding tert-OH is 8. The highest BCUT2D eigenvalue weighted by Crippen LogP contribution is 2.43. The highest BCUT2D eigenvalue weighted by atomic mass is 16.8. The predicted octanol–water partition coefficient (Wildman–Crippen LogP) is -4.52. The molecule has 0 spiro atoms.